The van der Waals surface area contributed by atoms with E-state index < -0.39 is 0 Å². The van der Waals surface area contributed by atoms with E-state index in [4.69, 9.17) is 0 Å². The van der Waals surface area contributed by atoms with Gasteiger partial charge in [-0.3, -0.25) is 4.79 Å². The van der Waals surface area contributed by atoms with Crippen molar-refractivity contribution >= 4 is 11.7 Å². The largest absolute Gasteiger partial charge is 0.334 e. The minimum absolute atomic E-state index is 0.0991. The van der Waals surface area contributed by atoms with Gasteiger partial charge in [-0.25, -0.2) is 4.98 Å². The van der Waals surface area contributed by atoms with Gasteiger partial charge in [0.15, 0.2) is 0 Å². The van der Waals surface area contributed by atoms with Crippen LogP contribution in [0.25, 0.3) is 5.78 Å². The molecular formula is C18H25N5O. The Morgan fingerprint density at radius 2 is 1.92 bits per heavy atom. The highest BCUT2D eigenvalue weighted by molar-refractivity contribution is 5.77. The lowest BCUT2D eigenvalue weighted by atomic mass is 9.86. The molecule has 0 bridgehead atoms. The van der Waals surface area contributed by atoms with Crippen LogP contribution in [-0.4, -0.2) is 36.9 Å². The molecule has 1 aliphatic heterocycles. The first-order chi connectivity index (χ1) is 11.8. The smallest absolute Gasteiger partial charge is 0.252 e. The molecule has 2 aromatic heterocycles. The lowest BCUT2D eigenvalue weighted by Gasteiger charge is -2.37. The summed E-state index contributed by atoms with van der Waals surface area (Å²) < 4.78 is 1.79. The Labute approximate surface area is 142 Å². The van der Waals surface area contributed by atoms with Crippen LogP contribution in [0.5, 0.6) is 0 Å². The first-order valence-corrected chi connectivity index (χ1v) is 9.27. The van der Waals surface area contributed by atoms with Crippen molar-refractivity contribution in [1.82, 2.24) is 24.5 Å². The molecule has 1 saturated carbocycles. The Balaban J connectivity index is 1.56. The number of hydrogen-bond donors (Lipinski definition) is 0. The molecule has 0 spiro atoms. The molecule has 2 aliphatic rings. The monoisotopic (exact) mass is 327 g/mol. The van der Waals surface area contributed by atoms with E-state index >= 15 is 0 Å². The van der Waals surface area contributed by atoms with Crippen LogP contribution in [0.1, 0.15) is 69.5 Å². The van der Waals surface area contributed by atoms with Gasteiger partial charge in [0.2, 0.25) is 5.91 Å². The molecule has 0 aromatic carbocycles. The van der Waals surface area contributed by atoms with E-state index in [0.717, 1.165) is 31.5 Å². The molecule has 1 amide bonds. The molecule has 24 heavy (non-hydrogen) atoms. The van der Waals surface area contributed by atoms with Gasteiger partial charge in [-0.2, -0.15) is 14.6 Å². The van der Waals surface area contributed by atoms with E-state index in [1.165, 1.54) is 38.4 Å². The summed E-state index contributed by atoms with van der Waals surface area (Å²) in [5.74, 6) is 1.51. The highest BCUT2D eigenvalue weighted by Crippen LogP contribution is 2.33. The third kappa shape index (κ3) is 3.01. The molecule has 4 rings (SSSR count). The van der Waals surface area contributed by atoms with Gasteiger partial charge in [-0.1, -0.05) is 19.3 Å². The fourth-order valence-electron chi connectivity index (χ4n) is 4.30. The van der Waals surface area contributed by atoms with E-state index in [-0.39, 0.29) is 6.04 Å². The molecule has 6 heteroatoms. The highest BCUT2D eigenvalue weighted by Gasteiger charge is 2.31. The summed E-state index contributed by atoms with van der Waals surface area (Å²) in [6, 6.07) is 2.08. The third-order valence-corrected chi connectivity index (χ3v) is 5.56. The maximum absolute atomic E-state index is 13.0. The number of likely N-dealkylation sites (tertiary alicyclic amines) is 1. The molecule has 1 saturated heterocycles. The number of rotatable bonds is 3. The number of carbonyl (C=O) groups excluding carboxylic acids is 1. The summed E-state index contributed by atoms with van der Waals surface area (Å²) in [5, 5.41) is 4.31. The van der Waals surface area contributed by atoms with Crippen molar-refractivity contribution in [1.29, 1.82) is 0 Å². The van der Waals surface area contributed by atoms with Gasteiger partial charge in [0, 0.05) is 19.2 Å². The number of piperidine rings is 1. The van der Waals surface area contributed by atoms with Gasteiger partial charge in [-0.15, -0.1) is 0 Å². The van der Waals surface area contributed by atoms with E-state index in [2.05, 4.69) is 20.0 Å². The van der Waals surface area contributed by atoms with Crippen molar-refractivity contribution < 1.29 is 4.79 Å². The second kappa shape index (κ2) is 6.87. The minimum atomic E-state index is 0.0991. The molecule has 2 fully saturated rings. The zero-order chi connectivity index (χ0) is 16.4. The number of nitrogens with zero attached hydrogens (tertiary/aromatic N) is 5. The van der Waals surface area contributed by atoms with Gasteiger partial charge in [0.1, 0.15) is 6.33 Å². The zero-order valence-corrected chi connectivity index (χ0v) is 14.1. The quantitative estimate of drug-likeness (QED) is 0.869. The number of fused-ring (bicyclic) bond motifs is 1. The van der Waals surface area contributed by atoms with E-state index in [0.29, 0.717) is 24.0 Å². The molecular weight excluding hydrogens is 302 g/mol. The topological polar surface area (TPSA) is 63.4 Å². The first kappa shape index (κ1) is 15.5. The van der Waals surface area contributed by atoms with Crippen molar-refractivity contribution in [3.8, 4) is 0 Å². The molecule has 0 radical (unpaired) electrons. The lowest BCUT2D eigenvalue weighted by Crippen LogP contribution is -2.40. The summed E-state index contributed by atoms with van der Waals surface area (Å²) in [4.78, 5) is 23.5. The molecule has 128 valence electrons. The standard InChI is InChI=1S/C18H25N5O/c24-17(12-14-6-2-1-3-7-14)22-11-5-4-8-15(22)16-9-10-19-18-20-13-21-23(16)18/h9-10,13-15H,1-8,11-12H2. The van der Waals surface area contributed by atoms with Crippen molar-refractivity contribution in [2.45, 2.75) is 63.8 Å². The zero-order valence-electron chi connectivity index (χ0n) is 14.1. The summed E-state index contributed by atoms with van der Waals surface area (Å²) >= 11 is 0. The van der Waals surface area contributed by atoms with Crippen LogP contribution >= 0.6 is 0 Å². The van der Waals surface area contributed by atoms with Gasteiger partial charge in [0.05, 0.1) is 11.7 Å². The van der Waals surface area contributed by atoms with Crippen LogP contribution in [0.15, 0.2) is 18.6 Å². The van der Waals surface area contributed by atoms with Gasteiger partial charge in [0.25, 0.3) is 5.78 Å². The van der Waals surface area contributed by atoms with Crippen LogP contribution in [0.4, 0.5) is 0 Å². The minimum Gasteiger partial charge on any atom is -0.334 e. The normalized spacial score (nSPS) is 22.8. The molecule has 3 heterocycles. The van der Waals surface area contributed by atoms with Crippen LogP contribution in [-0.2, 0) is 4.79 Å². The second-order valence-corrected chi connectivity index (χ2v) is 7.15. The highest BCUT2D eigenvalue weighted by atomic mass is 16.2. The Bertz CT molecular complexity index is 706. The fraction of sp³-hybridized carbons (Fsp3) is 0.667. The molecule has 6 nitrogen and oxygen atoms in total. The fourth-order valence-corrected chi connectivity index (χ4v) is 4.30. The number of hydrogen-bond acceptors (Lipinski definition) is 4. The maximum Gasteiger partial charge on any atom is 0.252 e. The Morgan fingerprint density at radius 1 is 1.08 bits per heavy atom. The summed E-state index contributed by atoms with van der Waals surface area (Å²) in [6.07, 6.45) is 13.6. The summed E-state index contributed by atoms with van der Waals surface area (Å²) in [5.41, 5.74) is 1.04. The number of carbonyl (C=O) groups is 1. The third-order valence-electron chi connectivity index (χ3n) is 5.56. The lowest BCUT2D eigenvalue weighted by molar-refractivity contribution is -0.136. The Hall–Kier alpha value is -1.98. The van der Waals surface area contributed by atoms with Crippen molar-refractivity contribution in [3.63, 3.8) is 0 Å². The number of amides is 1. The number of aromatic nitrogens is 4. The van der Waals surface area contributed by atoms with Crippen LogP contribution in [0.3, 0.4) is 0 Å². The van der Waals surface area contributed by atoms with E-state index in [9.17, 15) is 4.79 Å². The van der Waals surface area contributed by atoms with Crippen molar-refractivity contribution in [3.05, 3.63) is 24.3 Å². The van der Waals surface area contributed by atoms with Crippen LogP contribution in [0, 0.1) is 5.92 Å². The predicted octanol–water partition coefficient (Wildman–Crippen LogP) is 3.15. The summed E-state index contributed by atoms with van der Waals surface area (Å²) in [7, 11) is 0. The van der Waals surface area contributed by atoms with Gasteiger partial charge in [-0.05, 0) is 44.1 Å². The van der Waals surface area contributed by atoms with Crippen LogP contribution < -0.4 is 0 Å². The Kier molecular flexibility index (Phi) is 4.45. The average molecular weight is 327 g/mol. The van der Waals surface area contributed by atoms with Crippen LogP contribution in [0.2, 0.25) is 0 Å². The molecule has 0 N–H and O–H groups in total. The molecule has 1 unspecified atom stereocenters. The van der Waals surface area contributed by atoms with E-state index in [1.807, 2.05) is 6.07 Å². The first-order valence-electron chi connectivity index (χ1n) is 9.27. The van der Waals surface area contributed by atoms with Gasteiger partial charge >= 0.3 is 0 Å². The van der Waals surface area contributed by atoms with Crippen molar-refractivity contribution in [2.24, 2.45) is 5.92 Å². The SMILES string of the molecule is O=C(CC1CCCCC1)N1CCCCC1c1ccnc2ncnn12. The molecule has 2 aromatic rings. The van der Waals surface area contributed by atoms with Crippen molar-refractivity contribution in [2.75, 3.05) is 6.54 Å². The summed E-state index contributed by atoms with van der Waals surface area (Å²) in [6.45, 7) is 0.856. The predicted molar refractivity (Wildman–Crippen MR) is 90.3 cm³/mol. The van der Waals surface area contributed by atoms with Gasteiger partial charge < -0.3 is 4.90 Å². The average Bonchev–Trinajstić information content (AvgIpc) is 3.11. The van der Waals surface area contributed by atoms with E-state index in [1.54, 1.807) is 10.7 Å². The Morgan fingerprint density at radius 3 is 2.79 bits per heavy atom. The molecule has 1 atom stereocenters. The second-order valence-electron chi connectivity index (χ2n) is 7.15. The molecule has 1 aliphatic carbocycles. The maximum atomic E-state index is 13.0.